The van der Waals surface area contributed by atoms with Crippen LogP contribution in [-0.2, 0) is 19.1 Å². The zero-order valence-corrected chi connectivity index (χ0v) is 17.1. The van der Waals surface area contributed by atoms with Crippen LogP contribution in [0.25, 0.3) is 0 Å². The van der Waals surface area contributed by atoms with E-state index in [0.717, 1.165) is 25.7 Å². The summed E-state index contributed by atoms with van der Waals surface area (Å²) in [6.45, 7) is 1.74. The van der Waals surface area contributed by atoms with Crippen LogP contribution in [0.4, 0.5) is 5.69 Å². The Kier molecular flexibility index (Phi) is 6.61. The number of hydrogen-bond acceptors (Lipinski definition) is 6. The van der Waals surface area contributed by atoms with Gasteiger partial charge >= 0.3 is 5.97 Å². The fraction of sp³-hybridized carbons (Fsp3) is 0.571. The Morgan fingerprint density at radius 3 is 2.55 bits per heavy atom. The minimum atomic E-state index is -0.886. The fourth-order valence-corrected chi connectivity index (χ4v) is 3.82. The molecule has 1 saturated heterocycles. The van der Waals surface area contributed by atoms with E-state index in [0.29, 0.717) is 17.2 Å². The van der Waals surface area contributed by atoms with Crippen molar-refractivity contribution in [2.75, 3.05) is 25.7 Å². The van der Waals surface area contributed by atoms with Gasteiger partial charge in [0.15, 0.2) is 6.10 Å². The van der Waals surface area contributed by atoms with Gasteiger partial charge in [0.1, 0.15) is 11.5 Å². The molecule has 2 fully saturated rings. The molecule has 8 heteroatoms. The van der Waals surface area contributed by atoms with Crippen LogP contribution >= 0.6 is 0 Å². The first-order valence-electron chi connectivity index (χ1n) is 9.96. The van der Waals surface area contributed by atoms with Gasteiger partial charge in [-0.3, -0.25) is 14.4 Å². The average molecular weight is 404 g/mol. The molecule has 2 aliphatic rings. The van der Waals surface area contributed by atoms with Crippen LogP contribution in [0.2, 0.25) is 0 Å². The molecule has 1 heterocycles. The third-order valence-corrected chi connectivity index (χ3v) is 5.50. The molecule has 1 aromatic rings. The second-order valence-corrected chi connectivity index (χ2v) is 7.51. The molecule has 0 spiro atoms. The van der Waals surface area contributed by atoms with Crippen LogP contribution in [0.3, 0.4) is 0 Å². The number of amides is 2. The highest BCUT2D eigenvalue weighted by Crippen LogP contribution is 2.36. The zero-order valence-electron chi connectivity index (χ0n) is 17.1. The molecule has 1 aliphatic heterocycles. The number of hydrogen-bond donors (Lipinski definition) is 1. The molecule has 2 atom stereocenters. The quantitative estimate of drug-likeness (QED) is 0.699. The molecular formula is C21H28N2O6. The number of esters is 1. The summed E-state index contributed by atoms with van der Waals surface area (Å²) in [5.74, 6) is -0.563. The number of nitrogens with zero attached hydrogens (tertiary/aromatic N) is 1. The molecule has 1 aliphatic carbocycles. The van der Waals surface area contributed by atoms with Crippen molar-refractivity contribution in [3.63, 3.8) is 0 Å². The summed E-state index contributed by atoms with van der Waals surface area (Å²) < 4.78 is 15.9. The summed E-state index contributed by atoms with van der Waals surface area (Å²) in [7, 11) is 3.06. The van der Waals surface area contributed by atoms with E-state index in [4.69, 9.17) is 14.2 Å². The topological polar surface area (TPSA) is 94.2 Å². The van der Waals surface area contributed by atoms with E-state index >= 15 is 0 Å². The van der Waals surface area contributed by atoms with Crippen molar-refractivity contribution in [3.8, 4) is 11.5 Å². The highest BCUT2D eigenvalue weighted by atomic mass is 16.5. The van der Waals surface area contributed by atoms with E-state index in [9.17, 15) is 14.4 Å². The van der Waals surface area contributed by atoms with Gasteiger partial charge in [-0.15, -0.1) is 0 Å². The van der Waals surface area contributed by atoms with Crippen LogP contribution < -0.4 is 19.7 Å². The smallest absolute Gasteiger partial charge is 0.312 e. The lowest BCUT2D eigenvalue weighted by molar-refractivity contribution is -0.158. The number of benzene rings is 1. The van der Waals surface area contributed by atoms with Crippen molar-refractivity contribution in [2.24, 2.45) is 5.92 Å². The Morgan fingerprint density at radius 1 is 1.17 bits per heavy atom. The summed E-state index contributed by atoms with van der Waals surface area (Å²) in [6, 6.07) is 5.30. The molecular weight excluding hydrogens is 376 g/mol. The van der Waals surface area contributed by atoms with Gasteiger partial charge in [-0.2, -0.15) is 0 Å². The van der Waals surface area contributed by atoms with Gasteiger partial charge in [-0.1, -0.05) is 12.8 Å². The lowest BCUT2D eigenvalue weighted by atomic mass is 10.1. The Balaban J connectivity index is 1.60. The summed E-state index contributed by atoms with van der Waals surface area (Å²) >= 11 is 0. The largest absolute Gasteiger partial charge is 0.497 e. The predicted octanol–water partition coefficient (Wildman–Crippen LogP) is 2.05. The first-order valence-corrected chi connectivity index (χ1v) is 9.96. The average Bonchev–Trinajstić information content (AvgIpc) is 3.36. The lowest BCUT2D eigenvalue weighted by Crippen LogP contribution is -2.41. The number of carbonyl (C=O) groups excluding carboxylic acids is 3. The van der Waals surface area contributed by atoms with Crippen LogP contribution in [-0.4, -0.2) is 50.7 Å². The van der Waals surface area contributed by atoms with Crippen molar-refractivity contribution in [1.82, 2.24) is 5.32 Å². The predicted molar refractivity (Wildman–Crippen MR) is 106 cm³/mol. The van der Waals surface area contributed by atoms with Gasteiger partial charge in [0, 0.05) is 25.1 Å². The van der Waals surface area contributed by atoms with Gasteiger partial charge < -0.3 is 24.4 Å². The molecule has 158 valence electrons. The molecule has 0 aromatic heterocycles. The summed E-state index contributed by atoms with van der Waals surface area (Å²) in [5, 5.41) is 2.92. The number of rotatable bonds is 7. The Labute approximate surface area is 170 Å². The van der Waals surface area contributed by atoms with Gasteiger partial charge in [0.25, 0.3) is 5.91 Å². The van der Waals surface area contributed by atoms with Crippen molar-refractivity contribution >= 4 is 23.5 Å². The van der Waals surface area contributed by atoms with E-state index < -0.39 is 18.0 Å². The summed E-state index contributed by atoms with van der Waals surface area (Å²) in [5.41, 5.74) is 0.570. The van der Waals surface area contributed by atoms with Gasteiger partial charge in [-0.05, 0) is 31.9 Å². The third kappa shape index (κ3) is 4.81. The van der Waals surface area contributed by atoms with Crippen molar-refractivity contribution in [3.05, 3.63) is 18.2 Å². The van der Waals surface area contributed by atoms with Crippen molar-refractivity contribution in [1.29, 1.82) is 0 Å². The molecule has 2 unspecified atom stereocenters. The van der Waals surface area contributed by atoms with Crippen molar-refractivity contribution < 1.29 is 28.6 Å². The first-order chi connectivity index (χ1) is 13.9. The van der Waals surface area contributed by atoms with Crippen molar-refractivity contribution in [2.45, 2.75) is 51.2 Å². The Morgan fingerprint density at radius 2 is 1.90 bits per heavy atom. The minimum absolute atomic E-state index is 0.0327. The molecule has 0 radical (unpaired) electrons. The monoisotopic (exact) mass is 404 g/mol. The molecule has 8 nitrogen and oxygen atoms in total. The van der Waals surface area contributed by atoms with E-state index in [2.05, 4.69) is 5.32 Å². The second-order valence-electron chi connectivity index (χ2n) is 7.51. The fourth-order valence-electron chi connectivity index (χ4n) is 3.82. The lowest BCUT2D eigenvalue weighted by Gasteiger charge is -2.21. The minimum Gasteiger partial charge on any atom is -0.497 e. The summed E-state index contributed by atoms with van der Waals surface area (Å²) in [4.78, 5) is 38.8. The van der Waals surface area contributed by atoms with Crippen LogP contribution in [0.1, 0.15) is 39.0 Å². The Hall–Kier alpha value is -2.77. The Bertz CT molecular complexity index is 774. The van der Waals surface area contributed by atoms with E-state index in [1.54, 1.807) is 32.2 Å². The molecule has 0 bridgehead atoms. The van der Waals surface area contributed by atoms with Crippen LogP contribution in [0.5, 0.6) is 11.5 Å². The van der Waals surface area contributed by atoms with Crippen LogP contribution in [0, 0.1) is 5.92 Å². The number of anilines is 1. The number of methoxy groups -OCH3 is 2. The third-order valence-electron chi connectivity index (χ3n) is 5.50. The molecule has 1 aromatic carbocycles. The standard InChI is InChI=1S/C21H28N2O6/c1-13(20(25)22-15-6-4-5-7-15)29-21(26)14-10-19(24)23(12-14)17-9-8-16(27-2)11-18(17)28-3/h8-9,11,13-15H,4-7,10,12H2,1-3H3,(H,22,25). The number of ether oxygens (including phenoxy) is 3. The van der Waals surface area contributed by atoms with E-state index in [1.165, 1.54) is 12.0 Å². The van der Waals surface area contributed by atoms with E-state index in [1.807, 2.05) is 0 Å². The highest BCUT2D eigenvalue weighted by Gasteiger charge is 2.38. The molecule has 2 amide bonds. The molecule has 1 saturated carbocycles. The van der Waals surface area contributed by atoms with Gasteiger partial charge in [0.05, 0.1) is 25.8 Å². The molecule has 29 heavy (non-hydrogen) atoms. The highest BCUT2D eigenvalue weighted by molar-refractivity contribution is 6.01. The summed E-state index contributed by atoms with van der Waals surface area (Å²) in [6.07, 6.45) is 3.28. The maximum absolute atomic E-state index is 12.5. The molecule has 3 rings (SSSR count). The first kappa shape index (κ1) is 21.0. The molecule has 1 N–H and O–H groups in total. The zero-order chi connectivity index (χ0) is 21.0. The maximum atomic E-state index is 12.5. The van der Waals surface area contributed by atoms with Gasteiger partial charge in [0.2, 0.25) is 5.91 Å². The SMILES string of the molecule is COc1ccc(N2CC(C(=O)OC(C)C(=O)NC3CCCC3)CC2=O)c(OC)c1. The van der Waals surface area contributed by atoms with Crippen LogP contribution in [0.15, 0.2) is 18.2 Å². The second kappa shape index (κ2) is 9.15. The maximum Gasteiger partial charge on any atom is 0.312 e. The normalized spacial score (nSPS) is 20.4. The van der Waals surface area contributed by atoms with E-state index in [-0.39, 0.29) is 30.8 Å². The number of nitrogens with one attached hydrogen (secondary N) is 1. The van der Waals surface area contributed by atoms with Gasteiger partial charge in [-0.25, -0.2) is 0 Å². The number of carbonyl (C=O) groups is 3.